The third-order valence-electron chi connectivity index (χ3n) is 5.27. The molecular weight excluding hydrogens is 380 g/mol. The van der Waals surface area contributed by atoms with Crippen LogP contribution in [0.5, 0.6) is 0 Å². The van der Waals surface area contributed by atoms with Crippen molar-refractivity contribution in [2.75, 3.05) is 30.4 Å². The zero-order valence-electron chi connectivity index (χ0n) is 17.5. The Morgan fingerprint density at radius 3 is 2.10 bits per heavy atom. The number of rotatable bonds is 9. The lowest BCUT2D eigenvalue weighted by atomic mass is 10.00. The Kier molecular flexibility index (Phi) is 6.67. The Bertz CT molecular complexity index is 1060. The summed E-state index contributed by atoms with van der Waals surface area (Å²) < 4.78 is 4.92. The molecule has 0 aliphatic rings. The van der Waals surface area contributed by atoms with E-state index in [0.717, 1.165) is 16.7 Å². The average Bonchev–Trinajstić information content (AvgIpc) is 2.80. The number of ether oxygens (including phenoxy) is 1. The molecule has 6 nitrogen and oxygen atoms in total. The average molecular weight is 406 g/mol. The fourth-order valence-corrected chi connectivity index (χ4v) is 3.56. The van der Waals surface area contributed by atoms with E-state index in [1.54, 1.807) is 0 Å². The molecule has 0 bridgehead atoms. The van der Waals surface area contributed by atoms with Crippen molar-refractivity contribution in [1.82, 2.24) is 0 Å². The highest BCUT2D eigenvalue weighted by Crippen LogP contribution is 2.23. The third kappa shape index (κ3) is 4.27. The van der Waals surface area contributed by atoms with Crippen LogP contribution in [0.15, 0.2) is 64.2 Å². The zero-order valence-corrected chi connectivity index (χ0v) is 17.5. The molecule has 0 saturated heterocycles. The first kappa shape index (κ1) is 21.3. The van der Waals surface area contributed by atoms with Gasteiger partial charge < -0.3 is 15.0 Å². The molecule has 3 rings (SSSR count). The molecule has 0 aromatic heterocycles. The van der Waals surface area contributed by atoms with Gasteiger partial charge in [0.15, 0.2) is 0 Å². The number of nitrogens with one attached hydrogen (secondary N) is 1. The lowest BCUT2D eigenvalue weighted by Gasteiger charge is -2.27. The van der Waals surface area contributed by atoms with E-state index in [4.69, 9.17) is 4.74 Å². The molecule has 1 atom stereocenters. The molecule has 0 heterocycles. The number of nitrogens with zero attached hydrogens (tertiary/aromatic N) is 1. The summed E-state index contributed by atoms with van der Waals surface area (Å²) in [7, 11) is 1.31. The molecule has 156 valence electrons. The number of anilines is 2. The van der Waals surface area contributed by atoms with E-state index in [1.165, 1.54) is 7.11 Å². The molecule has 0 aliphatic heterocycles. The van der Waals surface area contributed by atoms with Crippen molar-refractivity contribution in [1.29, 1.82) is 0 Å². The highest BCUT2D eigenvalue weighted by Gasteiger charge is 2.29. The lowest BCUT2D eigenvalue weighted by molar-refractivity contribution is -0.141. The van der Waals surface area contributed by atoms with Crippen molar-refractivity contribution < 1.29 is 9.53 Å². The first-order valence-electron chi connectivity index (χ1n) is 10.1. The molecule has 3 aromatic carbocycles. The Balaban J connectivity index is 1.82. The standard InChI is InChI=1S/C24H26N2O4/c1-4-26(5-2)21-20(22(27)23(21)28)25-19(24(29)30-3)15-16-11-13-18(14-12-16)17-9-7-6-8-10-17/h6-14,19,25H,4-5,15H2,1-3H3/t19-/m0/s1. The van der Waals surface area contributed by atoms with Gasteiger partial charge in [0.1, 0.15) is 17.4 Å². The van der Waals surface area contributed by atoms with Crippen LogP contribution in [0.2, 0.25) is 0 Å². The molecule has 30 heavy (non-hydrogen) atoms. The van der Waals surface area contributed by atoms with Gasteiger partial charge in [0.25, 0.3) is 10.9 Å². The SMILES string of the molecule is CCN(CC)c1c(N[C@@H](Cc2ccc(-c3ccccc3)cc2)C(=O)OC)c(=O)c1=O. The van der Waals surface area contributed by atoms with Gasteiger partial charge in [0.2, 0.25) is 0 Å². The summed E-state index contributed by atoms with van der Waals surface area (Å²) in [5.41, 5.74) is 2.54. The van der Waals surface area contributed by atoms with E-state index in [2.05, 4.69) is 5.32 Å². The van der Waals surface area contributed by atoms with Crippen LogP contribution in [-0.2, 0) is 16.0 Å². The summed E-state index contributed by atoms with van der Waals surface area (Å²) in [5, 5.41) is 2.97. The number of carbonyl (C=O) groups is 1. The number of hydrogen-bond acceptors (Lipinski definition) is 6. The number of benzene rings is 2. The summed E-state index contributed by atoms with van der Waals surface area (Å²) in [4.78, 5) is 38.4. The summed E-state index contributed by atoms with van der Waals surface area (Å²) in [6, 6.07) is 17.1. The Hall–Kier alpha value is -3.41. The van der Waals surface area contributed by atoms with E-state index in [1.807, 2.05) is 73.3 Å². The molecule has 0 aliphatic carbocycles. The summed E-state index contributed by atoms with van der Waals surface area (Å²) in [6.45, 7) is 5.02. The van der Waals surface area contributed by atoms with Gasteiger partial charge in [-0.1, -0.05) is 54.6 Å². The van der Waals surface area contributed by atoms with Gasteiger partial charge in [-0.3, -0.25) is 9.59 Å². The molecule has 6 heteroatoms. The number of esters is 1. The maximum absolute atomic E-state index is 12.4. The first-order chi connectivity index (χ1) is 14.5. The largest absolute Gasteiger partial charge is 0.467 e. The molecular formula is C24H26N2O4. The van der Waals surface area contributed by atoms with Crippen molar-refractivity contribution in [2.24, 2.45) is 0 Å². The van der Waals surface area contributed by atoms with Gasteiger partial charge in [0.05, 0.1) is 7.11 Å². The van der Waals surface area contributed by atoms with Crippen LogP contribution in [0.25, 0.3) is 11.1 Å². The van der Waals surface area contributed by atoms with Crippen LogP contribution in [0.1, 0.15) is 19.4 Å². The second-order valence-corrected chi connectivity index (χ2v) is 7.04. The quantitative estimate of drug-likeness (QED) is 0.435. The van der Waals surface area contributed by atoms with Crippen molar-refractivity contribution in [2.45, 2.75) is 26.3 Å². The fraction of sp³-hybridized carbons (Fsp3) is 0.292. The Morgan fingerprint density at radius 2 is 1.53 bits per heavy atom. The number of hydrogen-bond donors (Lipinski definition) is 1. The highest BCUT2D eigenvalue weighted by molar-refractivity contribution is 5.84. The maximum Gasteiger partial charge on any atom is 0.328 e. The van der Waals surface area contributed by atoms with Crippen LogP contribution in [-0.4, -0.2) is 32.2 Å². The van der Waals surface area contributed by atoms with Crippen LogP contribution >= 0.6 is 0 Å². The van der Waals surface area contributed by atoms with Gasteiger partial charge in [-0.25, -0.2) is 4.79 Å². The second-order valence-electron chi connectivity index (χ2n) is 7.04. The monoisotopic (exact) mass is 406 g/mol. The predicted octanol–water partition coefficient (Wildman–Crippen LogP) is 2.99. The minimum atomic E-state index is -0.768. The lowest BCUT2D eigenvalue weighted by Crippen LogP contribution is -2.46. The summed E-state index contributed by atoms with van der Waals surface area (Å²) in [5.74, 6) is -0.485. The van der Waals surface area contributed by atoms with Gasteiger partial charge in [-0.15, -0.1) is 0 Å². The fourth-order valence-electron chi connectivity index (χ4n) is 3.56. The van der Waals surface area contributed by atoms with Crippen LogP contribution < -0.4 is 21.1 Å². The molecule has 1 N–H and O–H groups in total. The van der Waals surface area contributed by atoms with E-state index in [0.29, 0.717) is 25.2 Å². The van der Waals surface area contributed by atoms with Crippen molar-refractivity contribution in [3.05, 3.63) is 80.6 Å². The van der Waals surface area contributed by atoms with E-state index in [-0.39, 0.29) is 5.69 Å². The van der Waals surface area contributed by atoms with Crippen molar-refractivity contribution in [3.8, 4) is 11.1 Å². The second kappa shape index (κ2) is 9.39. The van der Waals surface area contributed by atoms with Crippen LogP contribution in [0, 0.1) is 0 Å². The van der Waals surface area contributed by atoms with E-state index < -0.39 is 22.9 Å². The van der Waals surface area contributed by atoms with Gasteiger partial charge in [0, 0.05) is 19.5 Å². The number of carbonyl (C=O) groups excluding carboxylic acids is 1. The Morgan fingerprint density at radius 1 is 0.933 bits per heavy atom. The van der Waals surface area contributed by atoms with E-state index >= 15 is 0 Å². The molecule has 0 amide bonds. The van der Waals surface area contributed by atoms with Gasteiger partial charge in [-0.2, -0.15) is 0 Å². The predicted molar refractivity (Wildman–Crippen MR) is 120 cm³/mol. The first-order valence-corrected chi connectivity index (χ1v) is 10.1. The highest BCUT2D eigenvalue weighted by atomic mass is 16.5. The van der Waals surface area contributed by atoms with E-state index in [9.17, 15) is 14.4 Å². The molecule has 0 fully saturated rings. The van der Waals surface area contributed by atoms with Crippen LogP contribution in [0.4, 0.5) is 11.4 Å². The normalized spacial score (nSPS) is 11.8. The summed E-state index contributed by atoms with van der Waals surface area (Å²) >= 11 is 0. The molecule has 3 aromatic rings. The molecule has 0 unspecified atom stereocenters. The third-order valence-corrected chi connectivity index (χ3v) is 5.27. The minimum absolute atomic E-state index is 0.194. The summed E-state index contributed by atoms with van der Waals surface area (Å²) in [6.07, 6.45) is 0.332. The van der Waals surface area contributed by atoms with Gasteiger partial charge >= 0.3 is 5.97 Å². The smallest absolute Gasteiger partial charge is 0.328 e. The minimum Gasteiger partial charge on any atom is -0.467 e. The maximum atomic E-state index is 12.4. The molecule has 0 radical (unpaired) electrons. The molecule has 0 saturated carbocycles. The number of methoxy groups -OCH3 is 1. The van der Waals surface area contributed by atoms with Crippen molar-refractivity contribution in [3.63, 3.8) is 0 Å². The zero-order chi connectivity index (χ0) is 21.7. The molecule has 0 spiro atoms. The van der Waals surface area contributed by atoms with Crippen molar-refractivity contribution >= 4 is 17.3 Å². The van der Waals surface area contributed by atoms with Crippen LogP contribution in [0.3, 0.4) is 0 Å². The Labute approximate surface area is 175 Å². The topological polar surface area (TPSA) is 75.7 Å². The van der Waals surface area contributed by atoms with Gasteiger partial charge in [-0.05, 0) is 30.5 Å².